The fraction of sp³-hybridized carbons (Fsp3) is 0.536. The molecule has 2 saturated heterocycles. The minimum absolute atomic E-state index is 0.175. The summed E-state index contributed by atoms with van der Waals surface area (Å²) >= 11 is 6.22. The van der Waals surface area contributed by atoms with Gasteiger partial charge in [0, 0.05) is 30.7 Å². The van der Waals surface area contributed by atoms with E-state index in [1.165, 1.54) is 17.2 Å². The number of hydrogen-bond acceptors (Lipinski definition) is 3. The summed E-state index contributed by atoms with van der Waals surface area (Å²) in [5.41, 5.74) is 3.67. The Kier molecular flexibility index (Phi) is 7.12. The first-order valence-corrected chi connectivity index (χ1v) is 13.1. The molecule has 0 spiro atoms. The topological polar surface area (TPSA) is 32.8 Å². The second-order valence-electron chi connectivity index (χ2n) is 10.3. The number of carbonyl (C=O) groups is 1. The summed E-state index contributed by atoms with van der Waals surface area (Å²) in [6.45, 7) is 7.09. The van der Waals surface area contributed by atoms with Crippen LogP contribution in [0.1, 0.15) is 71.5 Å². The third-order valence-corrected chi connectivity index (χ3v) is 7.65. The normalized spacial score (nSPS) is 19.6. The molecule has 1 amide bonds. The molecule has 1 aliphatic carbocycles. The molecule has 0 aromatic heterocycles. The molecule has 0 unspecified atom stereocenters. The first-order chi connectivity index (χ1) is 16.5. The van der Waals surface area contributed by atoms with E-state index in [-0.39, 0.29) is 11.5 Å². The van der Waals surface area contributed by atoms with Gasteiger partial charge in [-0.1, -0.05) is 17.7 Å². The lowest BCUT2D eigenvalue weighted by molar-refractivity contribution is 0.0788. The second-order valence-corrected chi connectivity index (χ2v) is 10.7. The van der Waals surface area contributed by atoms with E-state index in [1.54, 1.807) is 11.0 Å². The van der Waals surface area contributed by atoms with E-state index >= 15 is 0 Å². The van der Waals surface area contributed by atoms with Crippen molar-refractivity contribution >= 4 is 17.5 Å². The van der Waals surface area contributed by atoms with Crippen molar-refractivity contribution in [3.05, 3.63) is 63.4 Å². The Morgan fingerprint density at radius 2 is 1.76 bits per heavy atom. The molecule has 0 atom stereocenters. The quantitative estimate of drug-likeness (QED) is 0.469. The maximum atomic E-state index is 15.0. The van der Waals surface area contributed by atoms with Crippen LogP contribution >= 0.6 is 11.6 Å². The Morgan fingerprint density at radius 1 is 1.03 bits per heavy atom. The molecule has 1 saturated carbocycles. The van der Waals surface area contributed by atoms with Gasteiger partial charge in [-0.05, 0) is 105 Å². The third-order valence-electron chi connectivity index (χ3n) is 7.43. The molecule has 0 bridgehead atoms. The highest BCUT2D eigenvalue weighted by Gasteiger charge is 2.31. The van der Waals surface area contributed by atoms with Crippen LogP contribution in [-0.2, 0) is 6.54 Å². The van der Waals surface area contributed by atoms with Crippen molar-refractivity contribution in [2.24, 2.45) is 5.92 Å². The summed E-state index contributed by atoms with van der Waals surface area (Å²) in [5.74, 6) is 0.852. The molecular formula is C28H34ClFN2O2. The number of piperidine rings is 1. The van der Waals surface area contributed by atoms with Crippen LogP contribution in [0.4, 0.5) is 4.39 Å². The van der Waals surface area contributed by atoms with Crippen LogP contribution in [0, 0.1) is 18.7 Å². The van der Waals surface area contributed by atoms with E-state index in [1.807, 2.05) is 6.07 Å². The number of amides is 1. The van der Waals surface area contributed by atoms with Crippen LogP contribution in [0.3, 0.4) is 0 Å². The van der Waals surface area contributed by atoms with Crippen molar-refractivity contribution in [1.82, 2.24) is 9.80 Å². The van der Waals surface area contributed by atoms with Gasteiger partial charge in [-0.2, -0.15) is 0 Å². The molecule has 2 heterocycles. The average molecular weight is 485 g/mol. The Hall–Kier alpha value is -2.11. The standard InChI is InChI=1S/C28H34ClFN2O2/c1-19-12-21(14-23(29)13-19)17-31-10-6-20(7-11-31)18-34-27-16-26(30)25(15-24(27)22-4-5-22)28(33)32-8-2-3-9-32/h12-16,20,22H,2-11,17-18H2,1H3. The van der Waals surface area contributed by atoms with E-state index < -0.39 is 5.82 Å². The van der Waals surface area contributed by atoms with Gasteiger partial charge in [-0.25, -0.2) is 4.39 Å². The maximum absolute atomic E-state index is 15.0. The number of nitrogens with zero attached hydrogens (tertiary/aromatic N) is 2. The van der Waals surface area contributed by atoms with Crippen LogP contribution < -0.4 is 4.74 Å². The third kappa shape index (κ3) is 5.58. The minimum atomic E-state index is -0.456. The van der Waals surface area contributed by atoms with Gasteiger partial charge in [-0.3, -0.25) is 9.69 Å². The minimum Gasteiger partial charge on any atom is -0.493 e. The predicted octanol–water partition coefficient (Wildman–Crippen LogP) is 6.19. The summed E-state index contributed by atoms with van der Waals surface area (Å²) < 4.78 is 21.2. The first kappa shape index (κ1) is 23.6. The lowest BCUT2D eigenvalue weighted by Crippen LogP contribution is -2.35. The number of aryl methyl sites for hydroxylation is 1. The second kappa shape index (κ2) is 10.2. The van der Waals surface area contributed by atoms with Crippen LogP contribution in [0.2, 0.25) is 5.02 Å². The molecule has 3 fully saturated rings. The number of rotatable bonds is 7. The SMILES string of the molecule is Cc1cc(Cl)cc(CN2CCC(COc3cc(F)c(C(=O)N4CCCC4)cc3C3CC3)CC2)c1. The first-order valence-electron chi connectivity index (χ1n) is 12.7. The van der Waals surface area contributed by atoms with E-state index in [9.17, 15) is 9.18 Å². The summed E-state index contributed by atoms with van der Waals surface area (Å²) in [6, 6.07) is 9.48. The van der Waals surface area contributed by atoms with E-state index in [0.29, 0.717) is 24.2 Å². The summed E-state index contributed by atoms with van der Waals surface area (Å²) in [6.07, 6.45) is 6.29. The molecule has 34 heavy (non-hydrogen) atoms. The van der Waals surface area contributed by atoms with E-state index in [4.69, 9.17) is 16.3 Å². The number of carbonyl (C=O) groups excluding carboxylic acids is 1. The highest BCUT2D eigenvalue weighted by atomic mass is 35.5. The Labute approximate surface area is 207 Å². The van der Waals surface area contributed by atoms with Crippen LogP contribution in [0.25, 0.3) is 0 Å². The summed E-state index contributed by atoms with van der Waals surface area (Å²) in [5, 5.41) is 0.796. The number of ether oxygens (including phenoxy) is 1. The number of halogens is 2. The summed E-state index contributed by atoms with van der Waals surface area (Å²) in [7, 11) is 0. The van der Waals surface area contributed by atoms with Gasteiger partial charge in [0.1, 0.15) is 11.6 Å². The zero-order valence-corrected chi connectivity index (χ0v) is 20.7. The molecule has 0 radical (unpaired) electrons. The lowest BCUT2D eigenvalue weighted by Gasteiger charge is -2.32. The Bertz CT molecular complexity index is 1020. The van der Waals surface area contributed by atoms with Crippen molar-refractivity contribution in [3.8, 4) is 5.75 Å². The van der Waals surface area contributed by atoms with Crippen LogP contribution in [0.15, 0.2) is 30.3 Å². The van der Waals surface area contributed by atoms with Gasteiger partial charge in [0.25, 0.3) is 5.91 Å². The molecule has 5 rings (SSSR count). The highest BCUT2D eigenvalue weighted by molar-refractivity contribution is 6.30. The Balaban J connectivity index is 1.18. The van der Waals surface area contributed by atoms with Crippen molar-refractivity contribution in [3.63, 3.8) is 0 Å². The van der Waals surface area contributed by atoms with Gasteiger partial charge in [0.15, 0.2) is 0 Å². The van der Waals surface area contributed by atoms with Crippen LogP contribution in [0.5, 0.6) is 5.75 Å². The van der Waals surface area contributed by atoms with Crippen molar-refractivity contribution < 1.29 is 13.9 Å². The van der Waals surface area contributed by atoms with Gasteiger partial charge in [0.2, 0.25) is 0 Å². The van der Waals surface area contributed by atoms with Gasteiger partial charge >= 0.3 is 0 Å². The molecule has 4 nitrogen and oxygen atoms in total. The smallest absolute Gasteiger partial charge is 0.256 e. The molecule has 6 heteroatoms. The van der Waals surface area contributed by atoms with Crippen molar-refractivity contribution in [2.75, 3.05) is 32.8 Å². The molecule has 2 aromatic carbocycles. The fourth-order valence-corrected chi connectivity index (χ4v) is 5.66. The molecule has 182 valence electrons. The average Bonchev–Trinajstić information content (AvgIpc) is 3.50. The van der Waals surface area contributed by atoms with Crippen molar-refractivity contribution in [1.29, 1.82) is 0 Å². The molecule has 2 aromatic rings. The lowest BCUT2D eigenvalue weighted by atomic mass is 9.97. The molecule has 2 aliphatic heterocycles. The van der Waals surface area contributed by atoms with E-state index in [2.05, 4.69) is 24.0 Å². The van der Waals surface area contributed by atoms with Gasteiger partial charge in [-0.15, -0.1) is 0 Å². The zero-order chi connectivity index (χ0) is 23.7. The van der Waals surface area contributed by atoms with Gasteiger partial charge < -0.3 is 9.64 Å². The number of benzene rings is 2. The van der Waals surface area contributed by atoms with Crippen LogP contribution in [-0.4, -0.2) is 48.5 Å². The molecule has 0 N–H and O–H groups in total. The van der Waals surface area contributed by atoms with Gasteiger partial charge in [0.05, 0.1) is 12.2 Å². The van der Waals surface area contributed by atoms with E-state index in [0.717, 1.165) is 81.8 Å². The number of hydrogen-bond donors (Lipinski definition) is 0. The highest BCUT2D eigenvalue weighted by Crippen LogP contribution is 2.45. The largest absolute Gasteiger partial charge is 0.493 e. The maximum Gasteiger partial charge on any atom is 0.256 e. The molecule has 3 aliphatic rings. The van der Waals surface area contributed by atoms with Crippen molar-refractivity contribution in [2.45, 2.75) is 57.9 Å². The fourth-order valence-electron chi connectivity index (χ4n) is 5.34. The number of likely N-dealkylation sites (tertiary alicyclic amines) is 2. The monoisotopic (exact) mass is 484 g/mol. The Morgan fingerprint density at radius 3 is 2.44 bits per heavy atom. The predicted molar refractivity (Wildman–Crippen MR) is 133 cm³/mol. The summed E-state index contributed by atoms with van der Waals surface area (Å²) in [4.78, 5) is 17.1. The zero-order valence-electron chi connectivity index (χ0n) is 20.0. The molecular weight excluding hydrogens is 451 g/mol.